The van der Waals surface area contributed by atoms with Crippen LogP contribution in [-0.4, -0.2) is 18.1 Å². The van der Waals surface area contributed by atoms with Gasteiger partial charge < -0.3 is 4.74 Å². The standard InChI is InChI=1S/C11H10N2O4/c1-17-10-6-8(2-3-9(10)13(15)16)11(4-5-11)12-7-14/h2-3,6H,4-5H2,1H3. The molecule has 6 nitrogen and oxygen atoms in total. The van der Waals surface area contributed by atoms with Crippen molar-refractivity contribution in [3.8, 4) is 5.75 Å². The molecule has 0 unspecified atom stereocenters. The third kappa shape index (κ3) is 1.90. The van der Waals surface area contributed by atoms with E-state index >= 15 is 0 Å². The first-order valence-corrected chi connectivity index (χ1v) is 5.05. The van der Waals surface area contributed by atoms with Crippen molar-refractivity contribution in [3.63, 3.8) is 0 Å². The Balaban J connectivity index is 2.45. The Morgan fingerprint density at radius 1 is 1.53 bits per heavy atom. The minimum Gasteiger partial charge on any atom is -0.490 e. The van der Waals surface area contributed by atoms with Gasteiger partial charge in [0.25, 0.3) is 0 Å². The Labute approximate surface area is 97.1 Å². The molecule has 0 heterocycles. The molecule has 0 aromatic heterocycles. The predicted octanol–water partition coefficient (Wildman–Crippen LogP) is 1.93. The average Bonchev–Trinajstić information content (AvgIpc) is 3.09. The number of rotatable bonds is 4. The van der Waals surface area contributed by atoms with E-state index < -0.39 is 10.5 Å². The van der Waals surface area contributed by atoms with Crippen LogP contribution in [0.5, 0.6) is 5.75 Å². The summed E-state index contributed by atoms with van der Waals surface area (Å²) < 4.78 is 4.97. The summed E-state index contributed by atoms with van der Waals surface area (Å²) in [7, 11) is 1.37. The molecule has 0 aliphatic heterocycles. The first-order valence-electron chi connectivity index (χ1n) is 5.05. The fraction of sp³-hybridized carbons (Fsp3) is 0.364. The Morgan fingerprint density at radius 3 is 2.71 bits per heavy atom. The normalized spacial score (nSPS) is 15.8. The molecular formula is C11H10N2O4. The van der Waals surface area contributed by atoms with Crippen molar-refractivity contribution in [1.82, 2.24) is 0 Å². The number of benzene rings is 1. The number of aliphatic imine (C=N–C) groups is 1. The number of hydrogen-bond acceptors (Lipinski definition) is 5. The van der Waals surface area contributed by atoms with Gasteiger partial charge in [0.15, 0.2) is 5.75 Å². The summed E-state index contributed by atoms with van der Waals surface area (Å²) in [5.41, 5.74) is 0.120. The number of carbonyl (C=O) groups excluding carboxylic acids is 1. The van der Waals surface area contributed by atoms with Crippen LogP contribution in [0.3, 0.4) is 0 Å². The molecule has 1 aromatic carbocycles. The van der Waals surface area contributed by atoms with Crippen molar-refractivity contribution in [2.45, 2.75) is 18.4 Å². The molecule has 0 bridgehead atoms. The molecule has 0 radical (unpaired) electrons. The quantitative estimate of drug-likeness (QED) is 0.345. The molecule has 1 aliphatic rings. The van der Waals surface area contributed by atoms with Gasteiger partial charge >= 0.3 is 5.69 Å². The molecule has 88 valence electrons. The monoisotopic (exact) mass is 234 g/mol. The van der Waals surface area contributed by atoms with Gasteiger partial charge in [-0.2, -0.15) is 4.99 Å². The molecule has 1 saturated carbocycles. The van der Waals surface area contributed by atoms with Crippen molar-refractivity contribution in [3.05, 3.63) is 33.9 Å². The van der Waals surface area contributed by atoms with Crippen molar-refractivity contribution in [2.75, 3.05) is 7.11 Å². The summed E-state index contributed by atoms with van der Waals surface area (Å²) in [6.07, 6.45) is 3.05. The van der Waals surface area contributed by atoms with Crippen LogP contribution in [0.15, 0.2) is 23.2 Å². The zero-order chi connectivity index (χ0) is 12.5. The van der Waals surface area contributed by atoms with Crippen LogP contribution in [0.1, 0.15) is 18.4 Å². The molecule has 2 rings (SSSR count). The number of methoxy groups -OCH3 is 1. The highest BCUT2D eigenvalue weighted by atomic mass is 16.6. The molecule has 17 heavy (non-hydrogen) atoms. The second kappa shape index (κ2) is 3.99. The highest BCUT2D eigenvalue weighted by molar-refractivity contribution is 5.52. The maximum absolute atomic E-state index is 10.7. The molecule has 0 N–H and O–H groups in total. The summed E-state index contributed by atoms with van der Waals surface area (Å²) in [6.45, 7) is 0. The van der Waals surface area contributed by atoms with E-state index in [-0.39, 0.29) is 11.4 Å². The minimum absolute atomic E-state index is 0.0952. The van der Waals surface area contributed by atoms with Crippen LogP contribution in [0.4, 0.5) is 5.69 Å². The van der Waals surface area contributed by atoms with E-state index in [0.717, 1.165) is 18.4 Å². The predicted molar refractivity (Wildman–Crippen MR) is 58.7 cm³/mol. The van der Waals surface area contributed by atoms with Crippen LogP contribution < -0.4 is 4.74 Å². The largest absolute Gasteiger partial charge is 0.490 e. The number of nitro groups is 1. The number of ether oxygens (including phenoxy) is 1. The van der Waals surface area contributed by atoms with Crippen molar-refractivity contribution in [1.29, 1.82) is 0 Å². The second-order valence-corrected chi connectivity index (χ2v) is 3.88. The summed E-state index contributed by atoms with van der Waals surface area (Å²) in [5.74, 6) is 0.180. The van der Waals surface area contributed by atoms with E-state index in [0.29, 0.717) is 0 Å². The number of nitrogens with zero attached hydrogens (tertiary/aromatic N) is 2. The molecule has 0 saturated heterocycles. The van der Waals surface area contributed by atoms with Gasteiger partial charge in [-0.1, -0.05) is 0 Å². The van der Waals surface area contributed by atoms with Gasteiger partial charge in [-0.3, -0.25) is 10.1 Å². The van der Waals surface area contributed by atoms with E-state index in [4.69, 9.17) is 4.74 Å². The van der Waals surface area contributed by atoms with Crippen molar-refractivity contribution in [2.24, 2.45) is 4.99 Å². The maximum atomic E-state index is 10.7. The average molecular weight is 234 g/mol. The lowest BCUT2D eigenvalue weighted by molar-refractivity contribution is -0.385. The SMILES string of the molecule is COc1cc(C2(N=C=O)CC2)ccc1[N+](=O)[O-]. The summed E-state index contributed by atoms with van der Waals surface area (Å²) in [5, 5.41) is 10.7. The van der Waals surface area contributed by atoms with Gasteiger partial charge in [0.1, 0.15) is 0 Å². The topological polar surface area (TPSA) is 81.8 Å². The molecular weight excluding hydrogens is 224 g/mol. The minimum atomic E-state index is -0.538. The van der Waals surface area contributed by atoms with Gasteiger partial charge in [0, 0.05) is 6.07 Å². The molecule has 0 amide bonds. The number of nitro benzene ring substituents is 1. The van der Waals surface area contributed by atoms with Crippen molar-refractivity contribution >= 4 is 11.8 Å². The Bertz CT molecular complexity index is 516. The number of isocyanates is 1. The summed E-state index contributed by atoms with van der Waals surface area (Å²) in [4.78, 5) is 24.3. The zero-order valence-corrected chi connectivity index (χ0v) is 9.17. The van der Waals surface area contributed by atoms with Gasteiger partial charge in [-0.05, 0) is 30.5 Å². The fourth-order valence-corrected chi connectivity index (χ4v) is 1.79. The van der Waals surface area contributed by atoms with E-state index in [1.54, 1.807) is 18.2 Å². The lowest BCUT2D eigenvalue weighted by Gasteiger charge is -2.09. The van der Waals surface area contributed by atoms with Crippen LogP contribution in [0.25, 0.3) is 0 Å². The first kappa shape index (κ1) is 11.3. The summed E-state index contributed by atoms with van der Waals surface area (Å²) in [6, 6.07) is 4.54. The molecule has 6 heteroatoms. The molecule has 1 aromatic rings. The Kier molecular flexibility index (Phi) is 2.65. The molecule has 1 fully saturated rings. The molecule has 1 aliphatic carbocycles. The third-order valence-electron chi connectivity index (χ3n) is 2.90. The zero-order valence-electron chi connectivity index (χ0n) is 9.17. The van der Waals surface area contributed by atoms with Crippen molar-refractivity contribution < 1.29 is 14.5 Å². The fourth-order valence-electron chi connectivity index (χ4n) is 1.79. The molecule has 0 spiro atoms. The van der Waals surface area contributed by atoms with Gasteiger partial charge in [0.2, 0.25) is 6.08 Å². The van der Waals surface area contributed by atoms with Gasteiger partial charge in [0.05, 0.1) is 17.6 Å². The number of hydrogen-bond donors (Lipinski definition) is 0. The second-order valence-electron chi connectivity index (χ2n) is 3.88. The Morgan fingerprint density at radius 2 is 2.24 bits per heavy atom. The highest BCUT2D eigenvalue weighted by Crippen LogP contribution is 2.50. The molecule has 0 atom stereocenters. The van der Waals surface area contributed by atoms with E-state index in [1.807, 2.05) is 0 Å². The van der Waals surface area contributed by atoms with Crippen LogP contribution in [0.2, 0.25) is 0 Å². The van der Waals surface area contributed by atoms with E-state index in [1.165, 1.54) is 13.2 Å². The summed E-state index contributed by atoms with van der Waals surface area (Å²) >= 11 is 0. The third-order valence-corrected chi connectivity index (χ3v) is 2.90. The highest BCUT2D eigenvalue weighted by Gasteiger charge is 2.45. The van der Waals surface area contributed by atoms with E-state index in [9.17, 15) is 14.9 Å². The van der Waals surface area contributed by atoms with Crippen LogP contribution in [-0.2, 0) is 10.3 Å². The van der Waals surface area contributed by atoms with E-state index in [2.05, 4.69) is 4.99 Å². The Hall–Kier alpha value is -2.20. The maximum Gasteiger partial charge on any atom is 0.310 e. The lowest BCUT2D eigenvalue weighted by atomic mass is 10.0. The van der Waals surface area contributed by atoms with Crippen LogP contribution in [0, 0.1) is 10.1 Å². The smallest absolute Gasteiger partial charge is 0.310 e. The van der Waals surface area contributed by atoms with Crippen LogP contribution >= 0.6 is 0 Å². The lowest BCUT2D eigenvalue weighted by Crippen LogP contribution is -2.03. The van der Waals surface area contributed by atoms with Gasteiger partial charge in [-0.25, -0.2) is 4.79 Å². The first-order chi connectivity index (χ1) is 8.13. The van der Waals surface area contributed by atoms with Gasteiger partial charge in [-0.15, -0.1) is 0 Å².